The predicted molar refractivity (Wildman–Crippen MR) is 68.2 cm³/mol. The first kappa shape index (κ1) is 13.9. The Hall–Kier alpha value is -2.20. The summed E-state index contributed by atoms with van der Waals surface area (Å²) in [6.45, 7) is 1.27. The van der Waals surface area contributed by atoms with Gasteiger partial charge in [-0.1, -0.05) is 23.3 Å². The van der Waals surface area contributed by atoms with Gasteiger partial charge in [-0.15, -0.1) is 0 Å². The number of carbonyl (C=O) groups is 1. The molecule has 1 aromatic rings. The first-order valence-corrected chi connectivity index (χ1v) is 5.78. The molecule has 0 aliphatic heterocycles. The number of carbonyl (C=O) groups excluding carboxylic acids is 1. The maximum absolute atomic E-state index is 11.4. The third kappa shape index (κ3) is 6.40. The van der Waals surface area contributed by atoms with Crippen molar-refractivity contribution in [1.29, 1.82) is 0 Å². The lowest BCUT2D eigenvalue weighted by Gasteiger charge is -2.06. The van der Waals surface area contributed by atoms with Gasteiger partial charge in [-0.25, -0.2) is 0 Å². The van der Waals surface area contributed by atoms with Gasteiger partial charge in [-0.3, -0.25) is 4.79 Å². The highest BCUT2D eigenvalue weighted by Gasteiger charge is 2.00. The standard InChI is InChI=1S/C12H16N4O2/c13-16-15-9-4-8-14-12(17)7-10-18-11-5-2-1-3-6-11/h1-3,5-6H,4,7-10H2,(H,14,17). The van der Waals surface area contributed by atoms with Crippen molar-refractivity contribution >= 4 is 5.91 Å². The topological polar surface area (TPSA) is 87.1 Å². The van der Waals surface area contributed by atoms with Gasteiger partial charge in [0.2, 0.25) is 5.91 Å². The molecule has 6 heteroatoms. The number of azide groups is 1. The Kier molecular flexibility index (Phi) is 6.85. The van der Waals surface area contributed by atoms with Gasteiger partial charge in [0.1, 0.15) is 5.75 Å². The molecular weight excluding hydrogens is 232 g/mol. The first-order valence-electron chi connectivity index (χ1n) is 5.78. The number of nitrogens with zero attached hydrogens (tertiary/aromatic N) is 3. The van der Waals surface area contributed by atoms with Crippen LogP contribution in [-0.4, -0.2) is 25.6 Å². The Labute approximate surface area is 106 Å². The highest BCUT2D eigenvalue weighted by molar-refractivity contribution is 5.75. The van der Waals surface area contributed by atoms with E-state index in [4.69, 9.17) is 10.3 Å². The number of rotatable bonds is 8. The van der Waals surface area contributed by atoms with Crippen molar-refractivity contribution in [1.82, 2.24) is 5.32 Å². The van der Waals surface area contributed by atoms with E-state index in [9.17, 15) is 4.79 Å². The molecule has 0 aliphatic rings. The second-order valence-electron chi connectivity index (χ2n) is 3.57. The smallest absolute Gasteiger partial charge is 0.223 e. The summed E-state index contributed by atoms with van der Waals surface area (Å²) >= 11 is 0. The fourth-order valence-electron chi connectivity index (χ4n) is 1.29. The molecule has 0 atom stereocenters. The van der Waals surface area contributed by atoms with Gasteiger partial charge in [0, 0.05) is 18.0 Å². The van der Waals surface area contributed by atoms with Crippen molar-refractivity contribution in [2.45, 2.75) is 12.8 Å². The molecule has 1 aromatic carbocycles. The molecule has 18 heavy (non-hydrogen) atoms. The Morgan fingerprint density at radius 3 is 2.89 bits per heavy atom. The highest BCUT2D eigenvalue weighted by Crippen LogP contribution is 2.08. The zero-order valence-corrected chi connectivity index (χ0v) is 10.1. The predicted octanol–water partition coefficient (Wildman–Crippen LogP) is 2.27. The van der Waals surface area contributed by atoms with Crippen molar-refractivity contribution in [2.75, 3.05) is 19.7 Å². The summed E-state index contributed by atoms with van der Waals surface area (Å²) in [4.78, 5) is 14.0. The molecule has 0 spiro atoms. The van der Waals surface area contributed by atoms with E-state index in [1.54, 1.807) is 0 Å². The van der Waals surface area contributed by atoms with Gasteiger partial charge in [0.05, 0.1) is 13.0 Å². The lowest BCUT2D eigenvalue weighted by molar-refractivity contribution is -0.121. The molecule has 0 bridgehead atoms. The zero-order chi connectivity index (χ0) is 13.1. The Morgan fingerprint density at radius 2 is 2.17 bits per heavy atom. The lowest BCUT2D eigenvalue weighted by atomic mass is 10.3. The summed E-state index contributed by atoms with van der Waals surface area (Å²) in [5.41, 5.74) is 8.05. The van der Waals surface area contributed by atoms with Crippen LogP contribution in [0.2, 0.25) is 0 Å². The maximum atomic E-state index is 11.4. The van der Waals surface area contributed by atoms with Crippen LogP contribution in [0.4, 0.5) is 0 Å². The molecule has 6 nitrogen and oxygen atoms in total. The Morgan fingerprint density at radius 1 is 1.39 bits per heavy atom. The molecule has 1 rings (SSSR count). The summed E-state index contributed by atoms with van der Waals surface area (Å²) < 4.78 is 5.39. The maximum Gasteiger partial charge on any atom is 0.223 e. The summed E-state index contributed by atoms with van der Waals surface area (Å²) in [6.07, 6.45) is 0.964. The molecule has 1 amide bonds. The second kappa shape index (κ2) is 8.90. The molecule has 0 radical (unpaired) electrons. The van der Waals surface area contributed by atoms with Crippen LogP contribution in [0.5, 0.6) is 5.75 Å². The van der Waals surface area contributed by atoms with Gasteiger partial charge < -0.3 is 10.1 Å². The van der Waals surface area contributed by atoms with Crippen molar-refractivity contribution in [3.05, 3.63) is 40.8 Å². The number of hydrogen-bond donors (Lipinski definition) is 1. The van der Waals surface area contributed by atoms with E-state index < -0.39 is 0 Å². The zero-order valence-electron chi connectivity index (χ0n) is 10.1. The minimum absolute atomic E-state index is 0.0631. The number of ether oxygens (including phenoxy) is 1. The van der Waals surface area contributed by atoms with E-state index in [-0.39, 0.29) is 5.91 Å². The second-order valence-corrected chi connectivity index (χ2v) is 3.57. The van der Waals surface area contributed by atoms with Crippen LogP contribution in [0.25, 0.3) is 10.4 Å². The quantitative estimate of drug-likeness (QED) is 0.331. The summed E-state index contributed by atoms with van der Waals surface area (Å²) in [7, 11) is 0. The molecule has 0 aliphatic carbocycles. The first-order chi connectivity index (χ1) is 8.83. The van der Waals surface area contributed by atoms with E-state index in [1.165, 1.54) is 0 Å². The number of amides is 1. The van der Waals surface area contributed by atoms with Crippen LogP contribution in [0.3, 0.4) is 0 Å². The molecule has 1 N–H and O–H groups in total. The van der Waals surface area contributed by atoms with Gasteiger partial charge in [-0.05, 0) is 24.1 Å². The Bertz CT molecular complexity index is 402. The van der Waals surface area contributed by atoms with Crippen LogP contribution in [0, 0.1) is 0 Å². The van der Waals surface area contributed by atoms with Gasteiger partial charge in [0.25, 0.3) is 0 Å². The van der Waals surface area contributed by atoms with Gasteiger partial charge in [0.15, 0.2) is 0 Å². The van der Waals surface area contributed by atoms with Gasteiger partial charge in [-0.2, -0.15) is 0 Å². The van der Waals surface area contributed by atoms with Crippen LogP contribution in [0.1, 0.15) is 12.8 Å². The monoisotopic (exact) mass is 248 g/mol. The van der Waals surface area contributed by atoms with Crippen molar-refractivity contribution in [3.8, 4) is 5.75 Å². The molecule has 96 valence electrons. The van der Waals surface area contributed by atoms with E-state index in [0.717, 1.165) is 5.75 Å². The van der Waals surface area contributed by atoms with Gasteiger partial charge >= 0.3 is 0 Å². The fraction of sp³-hybridized carbons (Fsp3) is 0.417. The third-order valence-electron chi connectivity index (χ3n) is 2.16. The summed E-state index contributed by atoms with van der Waals surface area (Å²) in [5.74, 6) is 0.695. The van der Waals surface area contributed by atoms with E-state index in [1.807, 2.05) is 30.3 Å². The normalized spacial score (nSPS) is 9.33. The minimum Gasteiger partial charge on any atom is -0.493 e. The number of nitrogens with one attached hydrogen (secondary N) is 1. The number of hydrogen-bond acceptors (Lipinski definition) is 3. The summed E-state index contributed by atoms with van der Waals surface area (Å²) in [5, 5.41) is 6.10. The van der Waals surface area contributed by atoms with Crippen LogP contribution < -0.4 is 10.1 Å². The average Bonchev–Trinajstić information content (AvgIpc) is 2.40. The third-order valence-corrected chi connectivity index (χ3v) is 2.16. The van der Waals surface area contributed by atoms with Crippen molar-refractivity contribution < 1.29 is 9.53 Å². The molecular formula is C12H16N4O2. The molecule has 0 heterocycles. The molecule has 0 saturated heterocycles. The van der Waals surface area contributed by atoms with Crippen LogP contribution in [-0.2, 0) is 4.79 Å². The van der Waals surface area contributed by atoms with E-state index in [0.29, 0.717) is 32.5 Å². The van der Waals surface area contributed by atoms with E-state index >= 15 is 0 Å². The van der Waals surface area contributed by atoms with Crippen molar-refractivity contribution in [3.63, 3.8) is 0 Å². The van der Waals surface area contributed by atoms with Crippen LogP contribution >= 0.6 is 0 Å². The fourth-order valence-corrected chi connectivity index (χ4v) is 1.29. The number of para-hydroxylation sites is 1. The average molecular weight is 248 g/mol. The highest BCUT2D eigenvalue weighted by atomic mass is 16.5. The lowest BCUT2D eigenvalue weighted by Crippen LogP contribution is -2.26. The summed E-state index contributed by atoms with van der Waals surface area (Å²) in [6, 6.07) is 9.36. The van der Waals surface area contributed by atoms with Crippen LogP contribution in [0.15, 0.2) is 35.4 Å². The van der Waals surface area contributed by atoms with Crippen molar-refractivity contribution in [2.24, 2.45) is 5.11 Å². The number of benzene rings is 1. The molecule has 0 fully saturated rings. The largest absolute Gasteiger partial charge is 0.493 e. The molecule has 0 unspecified atom stereocenters. The molecule has 0 aromatic heterocycles. The van der Waals surface area contributed by atoms with E-state index in [2.05, 4.69) is 15.3 Å². The Balaban J connectivity index is 2.05. The minimum atomic E-state index is -0.0631. The SMILES string of the molecule is [N-]=[N+]=NCCCNC(=O)CCOc1ccccc1. The molecule has 0 saturated carbocycles.